The van der Waals surface area contributed by atoms with Gasteiger partial charge in [0.1, 0.15) is 6.61 Å². The molecular formula is C3H4F2O2. The van der Waals surface area contributed by atoms with Gasteiger partial charge in [-0.25, -0.2) is 0 Å². The van der Waals surface area contributed by atoms with Gasteiger partial charge in [-0.3, -0.25) is 4.74 Å². The fourth-order valence-electron chi connectivity index (χ4n) is 0.330. The molecule has 0 bridgehead atoms. The number of hydrogen-bond acceptors (Lipinski definition) is 2. The van der Waals surface area contributed by atoms with Gasteiger partial charge < -0.3 is 4.74 Å². The fraction of sp³-hybridized carbons (Fsp3) is 1.00. The highest BCUT2D eigenvalue weighted by molar-refractivity contribution is 4.51. The molecule has 0 atom stereocenters. The first-order chi connectivity index (χ1) is 3.21. The summed E-state index contributed by atoms with van der Waals surface area (Å²) in [4.78, 5) is 0. The van der Waals surface area contributed by atoms with Crippen molar-refractivity contribution in [3.05, 3.63) is 0 Å². The minimum Gasteiger partial charge on any atom is -0.346 e. The van der Waals surface area contributed by atoms with Crippen LogP contribution in [0.4, 0.5) is 8.78 Å². The second-order valence-electron chi connectivity index (χ2n) is 1.25. The van der Waals surface area contributed by atoms with E-state index in [1.54, 1.807) is 0 Å². The van der Waals surface area contributed by atoms with Crippen LogP contribution in [0.1, 0.15) is 0 Å². The highest BCUT2D eigenvalue weighted by Gasteiger charge is 2.35. The zero-order valence-electron chi connectivity index (χ0n) is 3.49. The smallest absolute Gasteiger partial charge is 0.346 e. The summed E-state index contributed by atoms with van der Waals surface area (Å²) in [6.45, 7) is -0.889. The largest absolute Gasteiger partial charge is 0.381 e. The zero-order valence-corrected chi connectivity index (χ0v) is 3.49. The summed E-state index contributed by atoms with van der Waals surface area (Å²) in [7, 11) is 0. The van der Waals surface area contributed by atoms with E-state index in [0.29, 0.717) is 0 Å². The van der Waals surface area contributed by atoms with Crippen LogP contribution in [0.5, 0.6) is 0 Å². The highest BCUT2D eigenvalue weighted by atomic mass is 19.3. The van der Waals surface area contributed by atoms with E-state index in [-0.39, 0.29) is 6.79 Å². The average molecular weight is 110 g/mol. The summed E-state index contributed by atoms with van der Waals surface area (Å²) < 4.78 is 31.2. The Kier molecular flexibility index (Phi) is 0.972. The molecule has 1 fully saturated rings. The number of alkyl halides is 2. The average Bonchev–Trinajstić information content (AvgIpc) is 1.84. The van der Waals surface area contributed by atoms with Crippen LogP contribution < -0.4 is 0 Å². The van der Waals surface area contributed by atoms with Crippen molar-refractivity contribution in [3.63, 3.8) is 0 Å². The Morgan fingerprint density at radius 2 is 2.14 bits per heavy atom. The first kappa shape index (κ1) is 4.93. The van der Waals surface area contributed by atoms with Crippen molar-refractivity contribution >= 4 is 0 Å². The van der Waals surface area contributed by atoms with E-state index in [0.717, 1.165) is 0 Å². The van der Waals surface area contributed by atoms with Gasteiger partial charge in [-0.1, -0.05) is 0 Å². The summed E-state index contributed by atoms with van der Waals surface area (Å²) in [5.41, 5.74) is 0. The van der Waals surface area contributed by atoms with E-state index in [1.807, 2.05) is 0 Å². The summed E-state index contributed by atoms with van der Waals surface area (Å²) in [5, 5.41) is 0. The molecule has 0 aromatic rings. The standard InChI is InChI=1S/C3H4F2O2/c4-3(5)1-6-2-7-3/h1-2H2. The predicted molar refractivity (Wildman–Crippen MR) is 16.9 cm³/mol. The van der Waals surface area contributed by atoms with Crippen molar-refractivity contribution in [1.82, 2.24) is 0 Å². The molecule has 1 aliphatic rings. The SMILES string of the molecule is FC1(F)COCO1. The van der Waals surface area contributed by atoms with Crippen LogP contribution in [-0.4, -0.2) is 19.5 Å². The van der Waals surface area contributed by atoms with Gasteiger partial charge in [0, 0.05) is 0 Å². The fourth-order valence-corrected chi connectivity index (χ4v) is 0.330. The topological polar surface area (TPSA) is 18.5 Å². The maximum atomic E-state index is 11.6. The molecule has 42 valence electrons. The van der Waals surface area contributed by atoms with Crippen LogP contribution in [0, 0.1) is 0 Å². The molecule has 1 rings (SSSR count). The van der Waals surface area contributed by atoms with Crippen LogP contribution >= 0.6 is 0 Å². The molecule has 1 aliphatic heterocycles. The number of hydrogen-bond donors (Lipinski definition) is 0. The third-order valence-corrected chi connectivity index (χ3v) is 0.624. The molecule has 0 unspecified atom stereocenters. The molecule has 1 saturated heterocycles. The minimum atomic E-state index is -3.03. The Labute approximate surface area is 39.0 Å². The first-order valence-corrected chi connectivity index (χ1v) is 1.80. The molecule has 0 radical (unpaired) electrons. The quantitative estimate of drug-likeness (QED) is 0.454. The Hall–Kier alpha value is -0.220. The lowest BCUT2D eigenvalue weighted by Crippen LogP contribution is -2.16. The summed E-state index contributed by atoms with van der Waals surface area (Å²) in [6, 6.07) is 0. The van der Waals surface area contributed by atoms with Crippen LogP contribution in [0.2, 0.25) is 0 Å². The Balaban J connectivity index is 2.40. The lowest BCUT2D eigenvalue weighted by molar-refractivity contribution is -0.197. The van der Waals surface area contributed by atoms with Gasteiger partial charge in [0.2, 0.25) is 0 Å². The van der Waals surface area contributed by atoms with Gasteiger partial charge in [-0.05, 0) is 0 Å². The van der Waals surface area contributed by atoms with E-state index >= 15 is 0 Å². The van der Waals surface area contributed by atoms with Gasteiger partial charge in [0.25, 0.3) is 0 Å². The van der Waals surface area contributed by atoms with Crippen molar-refractivity contribution < 1.29 is 18.3 Å². The molecule has 1 heterocycles. The first-order valence-electron chi connectivity index (χ1n) is 1.80. The van der Waals surface area contributed by atoms with Crippen LogP contribution in [0.25, 0.3) is 0 Å². The number of ether oxygens (including phenoxy) is 2. The molecule has 2 nitrogen and oxygen atoms in total. The lowest BCUT2D eigenvalue weighted by Gasteiger charge is -2.00. The van der Waals surface area contributed by atoms with Gasteiger partial charge in [-0.15, -0.1) is 0 Å². The van der Waals surface area contributed by atoms with Gasteiger partial charge in [0.05, 0.1) is 0 Å². The molecule has 0 amide bonds. The van der Waals surface area contributed by atoms with Gasteiger partial charge >= 0.3 is 6.11 Å². The normalized spacial score (nSPS) is 28.3. The zero-order chi connectivity index (χ0) is 5.33. The molecular weight excluding hydrogens is 106 g/mol. The van der Waals surface area contributed by atoms with Gasteiger partial charge in [0.15, 0.2) is 6.79 Å². The molecule has 0 spiro atoms. The molecule has 0 aromatic heterocycles. The minimum absolute atomic E-state index is 0.285. The van der Waals surface area contributed by atoms with Crippen molar-refractivity contribution in [2.45, 2.75) is 6.11 Å². The summed E-state index contributed by atoms with van der Waals surface area (Å²) in [5.74, 6) is 0. The predicted octanol–water partition coefficient (Wildman–Crippen LogP) is 0.583. The third-order valence-electron chi connectivity index (χ3n) is 0.624. The second-order valence-corrected chi connectivity index (χ2v) is 1.25. The van der Waals surface area contributed by atoms with Gasteiger partial charge in [-0.2, -0.15) is 8.78 Å². The number of rotatable bonds is 0. The van der Waals surface area contributed by atoms with Crippen molar-refractivity contribution in [1.29, 1.82) is 0 Å². The number of halogens is 2. The van der Waals surface area contributed by atoms with Crippen molar-refractivity contribution in [3.8, 4) is 0 Å². The van der Waals surface area contributed by atoms with E-state index in [4.69, 9.17) is 0 Å². The maximum absolute atomic E-state index is 11.6. The van der Waals surface area contributed by atoms with Crippen molar-refractivity contribution in [2.75, 3.05) is 13.4 Å². The molecule has 7 heavy (non-hydrogen) atoms. The Morgan fingerprint density at radius 3 is 2.29 bits per heavy atom. The Morgan fingerprint density at radius 1 is 1.43 bits per heavy atom. The molecule has 0 saturated carbocycles. The lowest BCUT2D eigenvalue weighted by atomic mass is 10.7. The molecule has 0 aromatic carbocycles. The van der Waals surface area contributed by atoms with E-state index in [9.17, 15) is 8.78 Å². The summed E-state index contributed by atoms with van der Waals surface area (Å²) in [6.07, 6.45) is -3.03. The van der Waals surface area contributed by atoms with Crippen molar-refractivity contribution in [2.24, 2.45) is 0 Å². The highest BCUT2D eigenvalue weighted by Crippen LogP contribution is 2.20. The monoisotopic (exact) mass is 110 g/mol. The van der Waals surface area contributed by atoms with E-state index in [2.05, 4.69) is 9.47 Å². The van der Waals surface area contributed by atoms with Crippen LogP contribution in [0.15, 0.2) is 0 Å². The Bertz CT molecular complexity index is 65.3. The van der Waals surface area contributed by atoms with E-state index in [1.165, 1.54) is 0 Å². The summed E-state index contributed by atoms with van der Waals surface area (Å²) >= 11 is 0. The van der Waals surface area contributed by atoms with E-state index < -0.39 is 12.7 Å². The van der Waals surface area contributed by atoms with Crippen LogP contribution in [-0.2, 0) is 9.47 Å². The third kappa shape index (κ3) is 1.07. The molecule has 0 N–H and O–H groups in total. The molecule has 4 heteroatoms. The second kappa shape index (κ2) is 1.38. The molecule has 0 aliphatic carbocycles. The van der Waals surface area contributed by atoms with Crippen LogP contribution in [0.3, 0.4) is 0 Å². The maximum Gasteiger partial charge on any atom is 0.381 e.